The van der Waals surface area contributed by atoms with Crippen LogP contribution in [-0.2, 0) is 0 Å². The number of hydrogen-bond acceptors (Lipinski definition) is 2. The molecule has 0 heterocycles. The van der Waals surface area contributed by atoms with Crippen molar-refractivity contribution in [3.8, 4) is 0 Å². The number of aliphatic hydroxyl groups excluding tert-OH is 1. The zero-order chi connectivity index (χ0) is 10.6. The van der Waals surface area contributed by atoms with Crippen LogP contribution >= 0.6 is 0 Å². The van der Waals surface area contributed by atoms with Crippen molar-refractivity contribution in [2.24, 2.45) is 0 Å². The summed E-state index contributed by atoms with van der Waals surface area (Å²) < 4.78 is 0. The van der Waals surface area contributed by atoms with Crippen molar-refractivity contribution in [3.05, 3.63) is 42.0 Å². The number of anilines is 1. The highest BCUT2D eigenvalue weighted by molar-refractivity contribution is 5.72. The molecule has 2 heteroatoms. The maximum absolute atomic E-state index is 9.60. The summed E-state index contributed by atoms with van der Waals surface area (Å²) in [6, 6.07) is 5.74. The molecular weight excluding hydrogens is 174 g/mol. The Labute approximate surface area is 84.6 Å². The van der Waals surface area contributed by atoms with Crippen LogP contribution in [0.3, 0.4) is 0 Å². The van der Waals surface area contributed by atoms with Crippen molar-refractivity contribution in [3.63, 3.8) is 0 Å². The quantitative estimate of drug-likeness (QED) is 0.715. The van der Waals surface area contributed by atoms with Crippen LogP contribution in [0.25, 0.3) is 11.8 Å². The van der Waals surface area contributed by atoms with E-state index in [4.69, 9.17) is 0 Å². The Morgan fingerprint density at radius 3 is 2.71 bits per heavy atom. The average molecular weight is 189 g/mol. The maximum Gasteiger partial charge on any atom is 0.119 e. The molecule has 0 radical (unpaired) electrons. The Balaban J connectivity index is 3.25. The lowest BCUT2D eigenvalue weighted by Crippen LogP contribution is -1.92. The van der Waals surface area contributed by atoms with Crippen molar-refractivity contribution in [1.82, 2.24) is 0 Å². The van der Waals surface area contributed by atoms with Gasteiger partial charge in [-0.15, -0.1) is 0 Å². The Bertz CT molecular complexity index is 367. The smallest absolute Gasteiger partial charge is 0.119 e. The lowest BCUT2D eigenvalue weighted by atomic mass is 10.0. The van der Waals surface area contributed by atoms with E-state index in [1.807, 2.05) is 25.2 Å². The molecule has 2 nitrogen and oxygen atoms in total. The van der Waals surface area contributed by atoms with E-state index >= 15 is 0 Å². The minimum atomic E-state index is 0.280. The fraction of sp³-hybridized carbons (Fsp3) is 0.167. The van der Waals surface area contributed by atoms with Gasteiger partial charge in [0.15, 0.2) is 0 Å². The molecule has 1 aromatic rings. The van der Waals surface area contributed by atoms with Crippen molar-refractivity contribution >= 4 is 17.5 Å². The van der Waals surface area contributed by atoms with E-state index in [9.17, 15) is 5.11 Å². The second kappa shape index (κ2) is 4.51. The fourth-order valence-corrected chi connectivity index (χ4v) is 1.28. The standard InChI is InChI=1S/C12H15NO/c1-4-9-8-10(13-3)6-7-11(9)12(14)5-2/h4-8,13-14H,1H2,2-3H3/b12-5+. The summed E-state index contributed by atoms with van der Waals surface area (Å²) in [7, 11) is 1.86. The molecule has 1 rings (SSSR count). The van der Waals surface area contributed by atoms with Gasteiger partial charge < -0.3 is 10.4 Å². The zero-order valence-electron chi connectivity index (χ0n) is 8.54. The highest BCUT2D eigenvalue weighted by atomic mass is 16.3. The first-order valence-electron chi connectivity index (χ1n) is 4.52. The summed E-state index contributed by atoms with van der Waals surface area (Å²) in [6.07, 6.45) is 3.40. The van der Waals surface area contributed by atoms with Gasteiger partial charge in [0.1, 0.15) is 5.76 Å². The van der Waals surface area contributed by atoms with Crippen LogP contribution in [-0.4, -0.2) is 12.2 Å². The molecule has 0 aliphatic carbocycles. The molecule has 74 valence electrons. The van der Waals surface area contributed by atoms with Crippen LogP contribution in [0.1, 0.15) is 18.1 Å². The number of aliphatic hydroxyl groups is 1. The predicted octanol–water partition coefficient (Wildman–Crippen LogP) is 3.29. The van der Waals surface area contributed by atoms with Gasteiger partial charge in [0.05, 0.1) is 0 Å². The third kappa shape index (κ3) is 1.96. The average Bonchev–Trinajstić information content (AvgIpc) is 2.27. The lowest BCUT2D eigenvalue weighted by Gasteiger charge is -2.07. The molecule has 2 N–H and O–H groups in total. The summed E-state index contributed by atoms with van der Waals surface area (Å²) >= 11 is 0. The minimum Gasteiger partial charge on any atom is -0.508 e. The van der Waals surface area contributed by atoms with Gasteiger partial charge in [-0.25, -0.2) is 0 Å². The van der Waals surface area contributed by atoms with E-state index in [2.05, 4.69) is 11.9 Å². The molecule has 0 aliphatic rings. The van der Waals surface area contributed by atoms with Gasteiger partial charge in [-0.05, 0) is 36.8 Å². The number of nitrogens with one attached hydrogen (secondary N) is 1. The Kier molecular flexibility index (Phi) is 3.35. The van der Waals surface area contributed by atoms with E-state index in [1.54, 1.807) is 19.1 Å². The van der Waals surface area contributed by atoms with Crippen molar-refractivity contribution in [2.75, 3.05) is 12.4 Å². The summed E-state index contributed by atoms with van der Waals surface area (Å²) in [4.78, 5) is 0. The Morgan fingerprint density at radius 2 is 2.21 bits per heavy atom. The molecule has 14 heavy (non-hydrogen) atoms. The molecule has 0 atom stereocenters. The van der Waals surface area contributed by atoms with Crippen LogP contribution in [0.2, 0.25) is 0 Å². The van der Waals surface area contributed by atoms with E-state index in [0.717, 1.165) is 16.8 Å². The fourth-order valence-electron chi connectivity index (χ4n) is 1.28. The topological polar surface area (TPSA) is 32.3 Å². The molecule has 0 unspecified atom stereocenters. The molecule has 0 saturated heterocycles. The van der Waals surface area contributed by atoms with E-state index in [0.29, 0.717) is 0 Å². The molecular formula is C12H15NO. The van der Waals surface area contributed by atoms with E-state index < -0.39 is 0 Å². The Morgan fingerprint density at radius 1 is 1.50 bits per heavy atom. The van der Waals surface area contributed by atoms with Gasteiger partial charge in [-0.3, -0.25) is 0 Å². The van der Waals surface area contributed by atoms with E-state index in [-0.39, 0.29) is 5.76 Å². The largest absolute Gasteiger partial charge is 0.508 e. The van der Waals surface area contributed by atoms with Crippen molar-refractivity contribution in [2.45, 2.75) is 6.92 Å². The van der Waals surface area contributed by atoms with Crippen LogP contribution in [0.4, 0.5) is 5.69 Å². The van der Waals surface area contributed by atoms with Gasteiger partial charge in [-0.1, -0.05) is 12.7 Å². The number of allylic oxidation sites excluding steroid dienone is 1. The first-order chi connectivity index (χ1) is 6.72. The minimum absolute atomic E-state index is 0.280. The first-order valence-corrected chi connectivity index (χ1v) is 4.52. The molecule has 0 spiro atoms. The normalized spacial score (nSPS) is 11.1. The third-order valence-electron chi connectivity index (χ3n) is 2.11. The molecule has 1 aromatic carbocycles. The van der Waals surface area contributed by atoms with Gasteiger partial charge in [-0.2, -0.15) is 0 Å². The summed E-state index contributed by atoms with van der Waals surface area (Å²) in [5.41, 5.74) is 2.74. The van der Waals surface area contributed by atoms with Crippen molar-refractivity contribution in [1.29, 1.82) is 0 Å². The van der Waals surface area contributed by atoms with Crippen LogP contribution in [0.15, 0.2) is 30.9 Å². The molecule has 0 saturated carbocycles. The maximum atomic E-state index is 9.60. The monoisotopic (exact) mass is 189 g/mol. The highest BCUT2D eigenvalue weighted by Crippen LogP contribution is 2.21. The molecule has 0 fully saturated rings. The van der Waals surface area contributed by atoms with Crippen LogP contribution in [0, 0.1) is 0 Å². The molecule has 0 aromatic heterocycles. The number of rotatable bonds is 3. The summed E-state index contributed by atoms with van der Waals surface area (Å²) in [5.74, 6) is 0.280. The second-order valence-corrected chi connectivity index (χ2v) is 2.93. The van der Waals surface area contributed by atoms with Crippen LogP contribution < -0.4 is 5.32 Å². The Hall–Kier alpha value is -1.70. The second-order valence-electron chi connectivity index (χ2n) is 2.93. The first kappa shape index (κ1) is 10.4. The third-order valence-corrected chi connectivity index (χ3v) is 2.11. The summed E-state index contributed by atoms with van der Waals surface area (Å²) in [5, 5.41) is 12.6. The van der Waals surface area contributed by atoms with Gasteiger partial charge in [0.2, 0.25) is 0 Å². The summed E-state index contributed by atoms with van der Waals surface area (Å²) in [6.45, 7) is 5.52. The van der Waals surface area contributed by atoms with Crippen molar-refractivity contribution < 1.29 is 5.11 Å². The lowest BCUT2D eigenvalue weighted by molar-refractivity contribution is 0.511. The predicted molar refractivity (Wildman–Crippen MR) is 62.4 cm³/mol. The molecule has 0 aliphatic heterocycles. The number of hydrogen-bond donors (Lipinski definition) is 2. The van der Waals surface area contributed by atoms with Crippen LogP contribution in [0.5, 0.6) is 0 Å². The van der Waals surface area contributed by atoms with Gasteiger partial charge in [0.25, 0.3) is 0 Å². The van der Waals surface area contributed by atoms with E-state index in [1.165, 1.54) is 0 Å². The molecule has 0 bridgehead atoms. The van der Waals surface area contributed by atoms with Gasteiger partial charge in [0, 0.05) is 18.3 Å². The number of benzene rings is 1. The molecule has 0 amide bonds. The van der Waals surface area contributed by atoms with Gasteiger partial charge >= 0.3 is 0 Å². The zero-order valence-corrected chi connectivity index (χ0v) is 8.54. The highest BCUT2D eigenvalue weighted by Gasteiger charge is 2.03. The SMILES string of the molecule is C=Cc1cc(NC)ccc1/C(O)=C\C.